The molecule has 4 rings (SSSR count). The lowest BCUT2D eigenvalue weighted by molar-refractivity contribution is -0.137. The minimum atomic E-state index is -4.69. The molecule has 0 bridgehead atoms. The van der Waals surface area contributed by atoms with Gasteiger partial charge in [-0.15, -0.1) is 0 Å². The summed E-state index contributed by atoms with van der Waals surface area (Å²) < 4.78 is 92.5. The number of halogens is 3. The molecule has 0 atom stereocenters. The first kappa shape index (κ1) is 22.7. The Morgan fingerprint density at radius 1 is 0.812 bits per heavy atom. The Hall–Kier alpha value is -2.48. The minimum Gasteiger partial charge on any atom is -0.326 e. The zero-order valence-electron chi connectivity index (χ0n) is 16.5. The van der Waals surface area contributed by atoms with Gasteiger partial charge in [-0.25, -0.2) is 16.8 Å². The smallest absolute Gasteiger partial charge is 0.326 e. The van der Waals surface area contributed by atoms with Crippen LogP contribution in [0.15, 0.2) is 52.3 Å². The van der Waals surface area contributed by atoms with Crippen molar-refractivity contribution in [3.05, 3.63) is 53.6 Å². The summed E-state index contributed by atoms with van der Waals surface area (Å²) in [6, 6.07) is 7.72. The lowest BCUT2D eigenvalue weighted by Crippen LogP contribution is -2.50. The number of nitrogens with zero attached hydrogens (tertiary/aromatic N) is 2. The summed E-state index contributed by atoms with van der Waals surface area (Å²) in [4.78, 5) is 11.0. The molecule has 0 aromatic heterocycles. The SMILES string of the molecule is O=C1Cc2cc(S(=O)(=O)N3CCN(S(=O)(=O)c4cccc(C(F)(F)F)c4)CC3)ccc2N1. The fraction of sp³-hybridized carbons (Fsp3) is 0.316. The normalized spacial score (nSPS) is 18.4. The van der Waals surface area contributed by atoms with E-state index in [4.69, 9.17) is 0 Å². The summed E-state index contributed by atoms with van der Waals surface area (Å²) in [5.74, 6) is -0.233. The number of hydrogen-bond acceptors (Lipinski definition) is 5. The van der Waals surface area contributed by atoms with E-state index in [-0.39, 0.29) is 43.4 Å². The fourth-order valence-electron chi connectivity index (χ4n) is 3.65. The van der Waals surface area contributed by atoms with Crippen LogP contribution in [0.4, 0.5) is 18.9 Å². The fourth-order valence-corrected chi connectivity index (χ4v) is 6.59. The van der Waals surface area contributed by atoms with E-state index in [1.165, 1.54) is 18.2 Å². The van der Waals surface area contributed by atoms with Crippen LogP contribution in [0.1, 0.15) is 11.1 Å². The van der Waals surface area contributed by atoms with Gasteiger partial charge in [0.1, 0.15) is 0 Å². The zero-order chi connectivity index (χ0) is 23.3. The first-order valence-corrected chi connectivity index (χ1v) is 12.4. The first-order valence-electron chi connectivity index (χ1n) is 9.49. The maximum atomic E-state index is 13.0. The number of alkyl halides is 3. The summed E-state index contributed by atoms with van der Waals surface area (Å²) in [6.07, 6.45) is -4.62. The zero-order valence-corrected chi connectivity index (χ0v) is 18.1. The van der Waals surface area contributed by atoms with Crippen LogP contribution in [0.25, 0.3) is 0 Å². The van der Waals surface area contributed by atoms with Crippen molar-refractivity contribution in [2.24, 2.45) is 0 Å². The predicted octanol–water partition coefficient (Wildman–Crippen LogP) is 1.90. The Morgan fingerprint density at radius 2 is 1.38 bits per heavy atom. The number of hydrogen-bond donors (Lipinski definition) is 1. The minimum absolute atomic E-state index is 0.0121. The quantitative estimate of drug-likeness (QED) is 0.707. The van der Waals surface area contributed by atoms with Crippen molar-refractivity contribution in [3.63, 3.8) is 0 Å². The first-order chi connectivity index (χ1) is 14.9. The van der Waals surface area contributed by atoms with Gasteiger partial charge in [0.2, 0.25) is 26.0 Å². The van der Waals surface area contributed by atoms with Gasteiger partial charge in [-0.3, -0.25) is 4.79 Å². The van der Waals surface area contributed by atoms with Crippen LogP contribution in [0.3, 0.4) is 0 Å². The monoisotopic (exact) mass is 489 g/mol. The van der Waals surface area contributed by atoms with E-state index >= 15 is 0 Å². The molecule has 2 heterocycles. The molecule has 2 aromatic rings. The van der Waals surface area contributed by atoms with Gasteiger partial charge in [0.05, 0.1) is 21.8 Å². The van der Waals surface area contributed by atoms with Crippen molar-refractivity contribution in [1.82, 2.24) is 8.61 Å². The maximum absolute atomic E-state index is 13.0. The molecule has 32 heavy (non-hydrogen) atoms. The lowest BCUT2D eigenvalue weighted by atomic mass is 10.2. The highest BCUT2D eigenvalue weighted by atomic mass is 32.2. The number of fused-ring (bicyclic) bond motifs is 1. The van der Waals surface area contributed by atoms with Crippen LogP contribution in [0, 0.1) is 0 Å². The van der Waals surface area contributed by atoms with E-state index < -0.39 is 36.7 Å². The molecule has 0 aliphatic carbocycles. The van der Waals surface area contributed by atoms with E-state index in [9.17, 15) is 34.8 Å². The maximum Gasteiger partial charge on any atom is 0.416 e. The second-order valence-electron chi connectivity index (χ2n) is 7.38. The molecule has 1 N–H and O–H groups in total. The number of nitrogens with one attached hydrogen (secondary N) is 1. The van der Waals surface area contributed by atoms with Gasteiger partial charge in [-0.2, -0.15) is 21.8 Å². The third-order valence-electron chi connectivity index (χ3n) is 5.34. The van der Waals surface area contributed by atoms with Gasteiger partial charge in [0, 0.05) is 31.9 Å². The molecule has 0 spiro atoms. The summed E-state index contributed by atoms with van der Waals surface area (Å²) in [5, 5.41) is 2.62. The molecule has 2 aromatic carbocycles. The molecule has 1 saturated heterocycles. The van der Waals surface area contributed by atoms with E-state index in [1.807, 2.05) is 0 Å². The van der Waals surface area contributed by atoms with Crippen LogP contribution >= 0.6 is 0 Å². The number of rotatable bonds is 4. The van der Waals surface area contributed by atoms with Crippen molar-refractivity contribution in [1.29, 1.82) is 0 Å². The van der Waals surface area contributed by atoms with Gasteiger partial charge < -0.3 is 5.32 Å². The predicted molar refractivity (Wildman–Crippen MR) is 108 cm³/mol. The average Bonchev–Trinajstić information content (AvgIpc) is 3.12. The van der Waals surface area contributed by atoms with Crippen molar-refractivity contribution in [2.75, 3.05) is 31.5 Å². The molecule has 0 saturated carbocycles. The summed E-state index contributed by atoms with van der Waals surface area (Å²) >= 11 is 0. The molecule has 2 aliphatic heterocycles. The summed E-state index contributed by atoms with van der Waals surface area (Å²) in [5.41, 5.74) is 0.0251. The van der Waals surface area contributed by atoms with Gasteiger partial charge in [-0.1, -0.05) is 6.07 Å². The number of carbonyl (C=O) groups excluding carboxylic acids is 1. The number of benzene rings is 2. The van der Waals surface area contributed by atoms with Gasteiger partial charge in [0.25, 0.3) is 0 Å². The number of carbonyl (C=O) groups is 1. The summed E-state index contributed by atoms with van der Waals surface area (Å²) in [6.45, 7) is -0.727. The van der Waals surface area contributed by atoms with Crippen molar-refractivity contribution < 1.29 is 34.8 Å². The van der Waals surface area contributed by atoms with Crippen molar-refractivity contribution in [2.45, 2.75) is 22.4 Å². The van der Waals surface area contributed by atoms with E-state index in [0.717, 1.165) is 26.8 Å². The highest BCUT2D eigenvalue weighted by Crippen LogP contribution is 2.32. The highest BCUT2D eigenvalue weighted by molar-refractivity contribution is 7.89. The Kier molecular flexibility index (Phi) is 5.56. The Balaban J connectivity index is 1.50. The lowest BCUT2D eigenvalue weighted by Gasteiger charge is -2.33. The van der Waals surface area contributed by atoms with Gasteiger partial charge >= 0.3 is 6.18 Å². The number of anilines is 1. The standard InChI is InChI=1S/C19H18F3N3O5S2/c20-19(21,22)14-2-1-3-15(12-14)31(27,28)24-6-8-25(9-7-24)32(29,30)16-4-5-17-13(10-16)11-18(26)23-17/h1-5,10,12H,6-9,11H2,(H,23,26). The van der Waals surface area contributed by atoms with Crippen LogP contribution in [0.2, 0.25) is 0 Å². The average molecular weight is 489 g/mol. The van der Waals surface area contributed by atoms with Crippen LogP contribution < -0.4 is 5.32 Å². The highest BCUT2D eigenvalue weighted by Gasteiger charge is 2.36. The second-order valence-corrected chi connectivity index (χ2v) is 11.3. The molecular weight excluding hydrogens is 471 g/mol. The van der Waals surface area contributed by atoms with Crippen LogP contribution in [-0.4, -0.2) is 57.5 Å². The molecule has 8 nitrogen and oxygen atoms in total. The molecular formula is C19H18F3N3O5S2. The van der Waals surface area contributed by atoms with Gasteiger partial charge in [0.15, 0.2) is 0 Å². The number of piperazine rings is 1. The number of sulfonamides is 2. The molecule has 0 unspecified atom stereocenters. The van der Waals surface area contributed by atoms with E-state index in [0.29, 0.717) is 17.3 Å². The Bertz CT molecular complexity index is 1290. The molecule has 1 fully saturated rings. The van der Waals surface area contributed by atoms with Crippen LogP contribution in [-0.2, 0) is 37.4 Å². The van der Waals surface area contributed by atoms with Crippen molar-refractivity contribution >= 4 is 31.6 Å². The third-order valence-corrected chi connectivity index (χ3v) is 9.13. The molecule has 2 aliphatic rings. The van der Waals surface area contributed by atoms with Gasteiger partial charge in [-0.05, 0) is 42.0 Å². The van der Waals surface area contributed by atoms with Crippen molar-refractivity contribution in [3.8, 4) is 0 Å². The van der Waals surface area contributed by atoms with E-state index in [2.05, 4.69) is 5.32 Å². The number of amides is 1. The molecule has 1 amide bonds. The summed E-state index contributed by atoms with van der Waals surface area (Å²) in [7, 11) is -8.16. The molecule has 172 valence electrons. The second kappa shape index (κ2) is 7.83. The topological polar surface area (TPSA) is 104 Å². The van der Waals surface area contributed by atoms with E-state index in [1.54, 1.807) is 0 Å². The van der Waals surface area contributed by atoms with Crippen LogP contribution in [0.5, 0.6) is 0 Å². The largest absolute Gasteiger partial charge is 0.416 e. The Morgan fingerprint density at radius 3 is 1.94 bits per heavy atom. The Labute approximate surface area is 182 Å². The third kappa shape index (κ3) is 4.12. The molecule has 13 heteroatoms. The molecule has 0 radical (unpaired) electrons.